The maximum atomic E-state index is 9.51. The SMILES string of the molecule is Oc1ccc(-c2nc(C3CC4CCC3O4)no2)cc1O. The van der Waals surface area contributed by atoms with Gasteiger partial charge >= 0.3 is 0 Å². The van der Waals surface area contributed by atoms with Gasteiger partial charge in [-0.25, -0.2) is 0 Å². The summed E-state index contributed by atoms with van der Waals surface area (Å²) in [5, 5.41) is 22.8. The lowest BCUT2D eigenvalue weighted by Crippen LogP contribution is -2.15. The van der Waals surface area contributed by atoms with Crippen LogP contribution in [0.1, 0.15) is 31.0 Å². The lowest BCUT2D eigenvalue weighted by Gasteiger charge is -2.13. The van der Waals surface area contributed by atoms with Crippen molar-refractivity contribution in [3.8, 4) is 23.0 Å². The molecule has 0 radical (unpaired) electrons. The summed E-state index contributed by atoms with van der Waals surface area (Å²) >= 11 is 0. The summed E-state index contributed by atoms with van der Waals surface area (Å²) in [5.41, 5.74) is 0.586. The first kappa shape index (κ1) is 11.7. The summed E-state index contributed by atoms with van der Waals surface area (Å²) in [6.07, 6.45) is 3.67. The van der Waals surface area contributed by atoms with E-state index in [4.69, 9.17) is 9.26 Å². The van der Waals surface area contributed by atoms with Gasteiger partial charge in [-0.05, 0) is 37.5 Å². The van der Waals surface area contributed by atoms with Crippen LogP contribution in [-0.4, -0.2) is 32.6 Å². The molecule has 0 spiro atoms. The Labute approximate surface area is 115 Å². The number of rotatable bonds is 2. The fraction of sp³-hybridized carbons (Fsp3) is 0.429. The number of aromatic hydroxyl groups is 2. The Kier molecular flexibility index (Phi) is 2.47. The van der Waals surface area contributed by atoms with Gasteiger partial charge in [-0.2, -0.15) is 4.98 Å². The van der Waals surface area contributed by atoms with Crippen LogP contribution < -0.4 is 0 Å². The maximum absolute atomic E-state index is 9.51. The molecule has 1 aromatic heterocycles. The van der Waals surface area contributed by atoms with Crippen molar-refractivity contribution in [3.05, 3.63) is 24.0 Å². The molecule has 2 aromatic rings. The van der Waals surface area contributed by atoms with Crippen LogP contribution in [0.2, 0.25) is 0 Å². The third-order valence-corrected chi connectivity index (χ3v) is 4.10. The largest absolute Gasteiger partial charge is 0.504 e. The topological polar surface area (TPSA) is 88.6 Å². The van der Waals surface area contributed by atoms with Gasteiger partial charge in [0.15, 0.2) is 17.3 Å². The van der Waals surface area contributed by atoms with Gasteiger partial charge in [0.2, 0.25) is 0 Å². The van der Waals surface area contributed by atoms with Gasteiger partial charge in [0.25, 0.3) is 5.89 Å². The fourth-order valence-corrected chi connectivity index (χ4v) is 3.07. The van der Waals surface area contributed by atoms with Gasteiger partial charge in [-0.1, -0.05) is 5.16 Å². The number of phenols is 2. The molecule has 3 atom stereocenters. The van der Waals surface area contributed by atoms with E-state index >= 15 is 0 Å². The van der Waals surface area contributed by atoms with Crippen molar-refractivity contribution in [2.24, 2.45) is 0 Å². The van der Waals surface area contributed by atoms with Crippen molar-refractivity contribution in [1.82, 2.24) is 10.1 Å². The molecule has 1 aromatic carbocycles. The molecule has 4 rings (SSSR count). The van der Waals surface area contributed by atoms with Crippen LogP contribution in [0.5, 0.6) is 11.5 Å². The average molecular weight is 274 g/mol. The molecule has 2 bridgehead atoms. The van der Waals surface area contributed by atoms with Crippen molar-refractivity contribution in [1.29, 1.82) is 0 Å². The number of ether oxygens (including phenoxy) is 1. The number of hydrogen-bond donors (Lipinski definition) is 2. The molecule has 2 N–H and O–H groups in total. The summed E-state index contributed by atoms with van der Waals surface area (Å²) in [6, 6.07) is 4.43. The van der Waals surface area contributed by atoms with Crippen molar-refractivity contribution in [2.45, 2.75) is 37.4 Å². The summed E-state index contributed by atoms with van der Waals surface area (Å²) < 4.78 is 11.1. The first-order chi connectivity index (χ1) is 9.70. The third kappa shape index (κ3) is 1.76. The average Bonchev–Trinajstić information content (AvgIpc) is 3.16. The van der Waals surface area contributed by atoms with E-state index in [2.05, 4.69) is 10.1 Å². The van der Waals surface area contributed by atoms with Crippen molar-refractivity contribution >= 4 is 0 Å². The van der Waals surface area contributed by atoms with E-state index in [9.17, 15) is 10.2 Å². The Morgan fingerprint density at radius 3 is 2.75 bits per heavy atom. The summed E-state index contributed by atoms with van der Waals surface area (Å²) in [5.74, 6) is 0.843. The van der Waals surface area contributed by atoms with Crippen LogP contribution in [0, 0.1) is 0 Å². The molecule has 0 aliphatic carbocycles. The molecule has 2 saturated heterocycles. The Hall–Kier alpha value is -2.08. The van der Waals surface area contributed by atoms with Crippen molar-refractivity contribution < 1.29 is 19.5 Å². The molecule has 3 unspecified atom stereocenters. The van der Waals surface area contributed by atoms with Crippen LogP contribution in [-0.2, 0) is 4.74 Å². The van der Waals surface area contributed by atoms with Crippen molar-refractivity contribution in [2.75, 3.05) is 0 Å². The summed E-state index contributed by atoms with van der Waals surface area (Å²) in [6.45, 7) is 0. The fourth-order valence-electron chi connectivity index (χ4n) is 3.07. The lowest BCUT2D eigenvalue weighted by molar-refractivity contribution is 0.0996. The third-order valence-electron chi connectivity index (χ3n) is 4.10. The van der Waals surface area contributed by atoms with Crippen LogP contribution in [0.3, 0.4) is 0 Å². The molecule has 20 heavy (non-hydrogen) atoms. The van der Waals surface area contributed by atoms with Gasteiger partial charge in [-0.15, -0.1) is 0 Å². The highest BCUT2D eigenvalue weighted by Crippen LogP contribution is 2.43. The minimum Gasteiger partial charge on any atom is -0.504 e. The van der Waals surface area contributed by atoms with Gasteiger partial charge in [0, 0.05) is 5.56 Å². The number of phenolic OH excluding ortho intramolecular Hbond substituents is 2. The molecular weight excluding hydrogens is 260 g/mol. The zero-order valence-corrected chi connectivity index (χ0v) is 10.7. The second kappa shape index (κ2) is 4.21. The van der Waals surface area contributed by atoms with Gasteiger partial charge in [0.05, 0.1) is 18.1 Å². The summed E-state index contributed by atoms with van der Waals surface area (Å²) in [7, 11) is 0. The number of benzene rings is 1. The van der Waals surface area contributed by atoms with Crippen LogP contribution in [0.15, 0.2) is 22.7 Å². The molecule has 104 valence electrons. The van der Waals surface area contributed by atoms with E-state index in [-0.39, 0.29) is 23.5 Å². The number of nitrogens with zero attached hydrogens (tertiary/aromatic N) is 2. The molecule has 0 amide bonds. The minimum atomic E-state index is -0.203. The Bertz CT molecular complexity index is 654. The second-order valence-corrected chi connectivity index (χ2v) is 5.38. The molecule has 2 aliphatic rings. The van der Waals surface area contributed by atoms with Crippen molar-refractivity contribution in [3.63, 3.8) is 0 Å². The van der Waals surface area contributed by atoms with Gasteiger partial charge in [-0.3, -0.25) is 0 Å². The molecule has 0 saturated carbocycles. The van der Waals surface area contributed by atoms with E-state index in [1.54, 1.807) is 6.07 Å². The zero-order valence-electron chi connectivity index (χ0n) is 10.7. The molecule has 2 aliphatic heterocycles. The first-order valence-electron chi connectivity index (χ1n) is 6.72. The molecule has 6 nitrogen and oxygen atoms in total. The highest BCUT2D eigenvalue weighted by atomic mass is 16.5. The number of fused-ring (bicyclic) bond motifs is 2. The van der Waals surface area contributed by atoms with E-state index in [0.717, 1.165) is 19.3 Å². The molecule has 6 heteroatoms. The van der Waals surface area contributed by atoms with Gasteiger partial charge in [0.1, 0.15) is 0 Å². The highest BCUT2D eigenvalue weighted by molar-refractivity contribution is 5.58. The summed E-state index contributed by atoms with van der Waals surface area (Å²) in [4.78, 5) is 4.40. The predicted octanol–water partition coefficient (Wildman–Crippen LogP) is 2.18. The van der Waals surface area contributed by atoms with Crippen LogP contribution >= 0.6 is 0 Å². The first-order valence-corrected chi connectivity index (χ1v) is 6.72. The lowest BCUT2D eigenvalue weighted by atomic mass is 9.89. The second-order valence-electron chi connectivity index (χ2n) is 5.38. The Balaban J connectivity index is 1.63. The maximum Gasteiger partial charge on any atom is 0.258 e. The normalized spacial score (nSPS) is 28.1. The molecule has 2 fully saturated rings. The Morgan fingerprint density at radius 2 is 2.05 bits per heavy atom. The predicted molar refractivity (Wildman–Crippen MR) is 68.3 cm³/mol. The number of aromatic nitrogens is 2. The quantitative estimate of drug-likeness (QED) is 0.816. The van der Waals surface area contributed by atoms with E-state index in [1.807, 2.05) is 0 Å². The van der Waals surface area contributed by atoms with E-state index < -0.39 is 0 Å². The zero-order chi connectivity index (χ0) is 13.7. The molecular formula is C14H14N2O4. The molecule has 3 heterocycles. The van der Waals surface area contributed by atoms with E-state index in [1.165, 1.54) is 12.1 Å². The number of hydrogen-bond acceptors (Lipinski definition) is 6. The Morgan fingerprint density at radius 1 is 1.15 bits per heavy atom. The standard InChI is InChI=1S/C14H14N2O4/c17-10-3-1-7(5-11(10)18)14-15-13(16-20-14)9-6-8-2-4-12(9)19-8/h1,3,5,8-9,12,17-18H,2,4,6H2. The van der Waals surface area contributed by atoms with Gasteiger partial charge < -0.3 is 19.5 Å². The minimum absolute atomic E-state index is 0.171. The highest BCUT2D eigenvalue weighted by Gasteiger charge is 2.43. The monoisotopic (exact) mass is 274 g/mol. The van der Waals surface area contributed by atoms with E-state index in [0.29, 0.717) is 23.4 Å². The van der Waals surface area contributed by atoms with Crippen LogP contribution in [0.25, 0.3) is 11.5 Å². The smallest absolute Gasteiger partial charge is 0.258 e. The van der Waals surface area contributed by atoms with Crippen LogP contribution in [0.4, 0.5) is 0 Å².